The predicted octanol–water partition coefficient (Wildman–Crippen LogP) is -0.672. The number of rotatable bonds is 3. The first-order valence-corrected chi connectivity index (χ1v) is 4.33. The summed E-state index contributed by atoms with van der Waals surface area (Å²) in [6.45, 7) is 1.96. The second-order valence-electron chi connectivity index (χ2n) is 3.27. The van der Waals surface area contributed by atoms with Crippen molar-refractivity contribution in [1.82, 2.24) is 10.6 Å². The second kappa shape index (κ2) is 4.23. The average Bonchev–Trinajstić information content (AvgIpc) is 2.48. The summed E-state index contributed by atoms with van der Waals surface area (Å²) < 4.78 is 0. The predicted molar refractivity (Wildman–Crippen MR) is 46.3 cm³/mol. The van der Waals surface area contributed by atoms with Crippen LogP contribution in [0, 0.1) is 0 Å². The molecule has 3 N–H and O–H groups in total. The van der Waals surface area contributed by atoms with E-state index in [1.54, 1.807) is 0 Å². The summed E-state index contributed by atoms with van der Waals surface area (Å²) in [7, 11) is 0. The Balaban J connectivity index is 2.25. The molecule has 1 aliphatic rings. The molecule has 0 radical (unpaired) electrons. The Hall–Kier alpha value is -1.10. The van der Waals surface area contributed by atoms with Crippen molar-refractivity contribution in [2.24, 2.45) is 0 Å². The Morgan fingerprint density at radius 2 is 2.23 bits per heavy atom. The number of nitrogens with one attached hydrogen (secondary N) is 2. The molecule has 1 saturated heterocycles. The van der Waals surface area contributed by atoms with Crippen LogP contribution in [0.3, 0.4) is 0 Å². The molecule has 1 rings (SSSR count). The maximum Gasteiger partial charge on any atom is 0.320 e. The van der Waals surface area contributed by atoms with E-state index >= 15 is 0 Å². The molecule has 0 aromatic heterocycles. The SMILES string of the molecule is CC(=O)NC[C@H]1CC[C@@H](C(=O)O)N1. The Kier molecular flexibility index (Phi) is 3.25. The fraction of sp³-hybridized carbons (Fsp3) is 0.750. The van der Waals surface area contributed by atoms with E-state index in [0.717, 1.165) is 6.42 Å². The number of carbonyl (C=O) groups is 2. The summed E-state index contributed by atoms with van der Waals surface area (Å²) in [6, 6.07) is -0.344. The zero-order chi connectivity index (χ0) is 9.84. The smallest absolute Gasteiger partial charge is 0.320 e. The summed E-state index contributed by atoms with van der Waals surface area (Å²) in [5, 5.41) is 14.2. The van der Waals surface area contributed by atoms with Crippen molar-refractivity contribution in [2.45, 2.75) is 31.8 Å². The summed E-state index contributed by atoms with van der Waals surface area (Å²) >= 11 is 0. The Bertz CT molecular complexity index is 217. The molecule has 0 spiro atoms. The van der Waals surface area contributed by atoms with Gasteiger partial charge in [-0.1, -0.05) is 0 Å². The van der Waals surface area contributed by atoms with E-state index in [9.17, 15) is 9.59 Å². The minimum atomic E-state index is -0.815. The highest BCUT2D eigenvalue weighted by Gasteiger charge is 2.28. The monoisotopic (exact) mass is 186 g/mol. The van der Waals surface area contributed by atoms with Gasteiger partial charge < -0.3 is 10.4 Å². The number of carboxylic acid groups (broad SMARTS) is 1. The van der Waals surface area contributed by atoms with E-state index in [-0.39, 0.29) is 11.9 Å². The van der Waals surface area contributed by atoms with Crippen LogP contribution in [-0.2, 0) is 9.59 Å². The molecule has 1 heterocycles. The lowest BCUT2D eigenvalue weighted by molar-refractivity contribution is -0.139. The lowest BCUT2D eigenvalue weighted by Crippen LogP contribution is -2.41. The van der Waals surface area contributed by atoms with Crippen LogP contribution in [0.5, 0.6) is 0 Å². The van der Waals surface area contributed by atoms with Gasteiger partial charge in [0.2, 0.25) is 5.91 Å². The van der Waals surface area contributed by atoms with Gasteiger partial charge in [-0.25, -0.2) is 0 Å². The van der Waals surface area contributed by atoms with Gasteiger partial charge in [-0.3, -0.25) is 14.9 Å². The van der Waals surface area contributed by atoms with Gasteiger partial charge in [0.1, 0.15) is 6.04 Å². The third kappa shape index (κ3) is 3.02. The first kappa shape index (κ1) is 9.98. The Morgan fingerprint density at radius 1 is 1.54 bits per heavy atom. The molecule has 0 aliphatic carbocycles. The number of aliphatic carboxylic acids is 1. The van der Waals surface area contributed by atoms with Crippen molar-refractivity contribution in [3.63, 3.8) is 0 Å². The standard InChI is InChI=1S/C8H14N2O3/c1-5(11)9-4-6-2-3-7(10-6)8(12)13/h6-7,10H,2-4H2,1H3,(H,9,11)(H,12,13)/t6-,7+/m1/s1. The van der Waals surface area contributed by atoms with Gasteiger partial charge >= 0.3 is 5.97 Å². The summed E-state index contributed by atoms with van der Waals surface area (Å²) in [6.07, 6.45) is 1.44. The van der Waals surface area contributed by atoms with Crippen molar-refractivity contribution >= 4 is 11.9 Å². The fourth-order valence-corrected chi connectivity index (χ4v) is 1.44. The van der Waals surface area contributed by atoms with Crippen LogP contribution < -0.4 is 10.6 Å². The largest absolute Gasteiger partial charge is 0.480 e. The fourth-order valence-electron chi connectivity index (χ4n) is 1.44. The molecule has 1 aliphatic heterocycles. The quantitative estimate of drug-likeness (QED) is 0.546. The molecular formula is C8H14N2O3. The first-order chi connectivity index (χ1) is 6.09. The first-order valence-electron chi connectivity index (χ1n) is 4.33. The van der Waals surface area contributed by atoms with Crippen LogP contribution in [0.25, 0.3) is 0 Å². The summed E-state index contributed by atoms with van der Waals surface area (Å²) in [5.41, 5.74) is 0. The number of carbonyl (C=O) groups excluding carboxylic acids is 1. The molecule has 74 valence electrons. The van der Waals surface area contributed by atoms with Crippen molar-refractivity contribution in [1.29, 1.82) is 0 Å². The molecule has 0 aromatic rings. The van der Waals surface area contributed by atoms with Crippen LogP contribution >= 0.6 is 0 Å². The van der Waals surface area contributed by atoms with E-state index < -0.39 is 12.0 Å². The number of carboxylic acids is 1. The van der Waals surface area contributed by atoms with E-state index in [1.807, 2.05) is 0 Å². The van der Waals surface area contributed by atoms with E-state index in [4.69, 9.17) is 5.11 Å². The van der Waals surface area contributed by atoms with Gasteiger partial charge in [0.05, 0.1) is 0 Å². The minimum absolute atomic E-state index is 0.0828. The van der Waals surface area contributed by atoms with Crippen LogP contribution in [0.2, 0.25) is 0 Å². The van der Waals surface area contributed by atoms with E-state index in [2.05, 4.69) is 10.6 Å². The minimum Gasteiger partial charge on any atom is -0.480 e. The zero-order valence-electron chi connectivity index (χ0n) is 7.54. The molecule has 0 unspecified atom stereocenters. The molecule has 2 atom stereocenters. The van der Waals surface area contributed by atoms with E-state index in [1.165, 1.54) is 6.92 Å². The van der Waals surface area contributed by atoms with Crippen LogP contribution in [0.15, 0.2) is 0 Å². The van der Waals surface area contributed by atoms with Crippen molar-refractivity contribution in [2.75, 3.05) is 6.54 Å². The molecule has 5 heteroatoms. The molecule has 0 bridgehead atoms. The van der Waals surface area contributed by atoms with Crippen molar-refractivity contribution in [3.05, 3.63) is 0 Å². The van der Waals surface area contributed by atoms with E-state index in [0.29, 0.717) is 13.0 Å². The second-order valence-corrected chi connectivity index (χ2v) is 3.27. The number of hydrogen-bond donors (Lipinski definition) is 3. The summed E-state index contributed by atoms with van der Waals surface area (Å²) in [4.78, 5) is 21.1. The zero-order valence-corrected chi connectivity index (χ0v) is 7.54. The lowest BCUT2D eigenvalue weighted by Gasteiger charge is -2.11. The average molecular weight is 186 g/mol. The Morgan fingerprint density at radius 3 is 2.69 bits per heavy atom. The van der Waals surface area contributed by atoms with Gasteiger partial charge in [0.15, 0.2) is 0 Å². The normalized spacial score (nSPS) is 27.2. The van der Waals surface area contributed by atoms with Gasteiger partial charge in [0.25, 0.3) is 0 Å². The van der Waals surface area contributed by atoms with Crippen molar-refractivity contribution < 1.29 is 14.7 Å². The maximum absolute atomic E-state index is 10.6. The van der Waals surface area contributed by atoms with Gasteiger partial charge in [-0.2, -0.15) is 0 Å². The molecule has 1 amide bonds. The highest BCUT2D eigenvalue weighted by Crippen LogP contribution is 2.11. The molecule has 1 fully saturated rings. The molecule has 5 nitrogen and oxygen atoms in total. The topological polar surface area (TPSA) is 78.4 Å². The molecular weight excluding hydrogens is 172 g/mol. The summed E-state index contributed by atoms with van der Waals surface area (Å²) in [5.74, 6) is -0.897. The molecule has 13 heavy (non-hydrogen) atoms. The number of amides is 1. The Labute approximate surface area is 76.5 Å². The third-order valence-corrected chi connectivity index (χ3v) is 2.14. The lowest BCUT2D eigenvalue weighted by atomic mass is 10.2. The third-order valence-electron chi connectivity index (χ3n) is 2.14. The van der Waals surface area contributed by atoms with Crippen LogP contribution in [-0.4, -0.2) is 35.6 Å². The van der Waals surface area contributed by atoms with Crippen LogP contribution in [0.4, 0.5) is 0 Å². The molecule has 0 saturated carbocycles. The highest BCUT2D eigenvalue weighted by atomic mass is 16.4. The maximum atomic E-state index is 10.6. The van der Waals surface area contributed by atoms with Gasteiger partial charge in [-0.15, -0.1) is 0 Å². The highest BCUT2D eigenvalue weighted by molar-refractivity contribution is 5.74. The number of hydrogen-bond acceptors (Lipinski definition) is 3. The van der Waals surface area contributed by atoms with Crippen molar-refractivity contribution in [3.8, 4) is 0 Å². The van der Waals surface area contributed by atoms with Gasteiger partial charge in [-0.05, 0) is 12.8 Å². The van der Waals surface area contributed by atoms with Crippen LogP contribution in [0.1, 0.15) is 19.8 Å². The van der Waals surface area contributed by atoms with Gasteiger partial charge in [0, 0.05) is 19.5 Å². The molecule has 0 aromatic carbocycles.